The van der Waals surface area contributed by atoms with E-state index in [-0.39, 0.29) is 5.56 Å². The Bertz CT molecular complexity index is 470. The van der Waals surface area contributed by atoms with Gasteiger partial charge in [0.2, 0.25) is 0 Å². The quantitative estimate of drug-likeness (QED) is 0.729. The molecule has 0 bridgehead atoms. The lowest BCUT2D eigenvalue weighted by molar-refractivity contribution is 0.511. The van der Waals surface area contributed by atoms with Crippen LogP contribution in [0.2, 0.25) is 4.34 Å². The Labute approximate surface area is 88.1 Å². The third-order valence-electron chi connectivity index (χ3n) is 1.71. The summed E-state index contributed by atoms with van der Waals surface area (Å²) in [6.45, 7) is 0. The molecule has 0 saturated heterocycles. The number of benzene rings is 1. The van der Waals surface area contributed by atoms with Crippen LogP contribution in [0.5, 0.6) is 0 Å². The van der Waals surface area contributed by atoms with Gasteiger partial charge in [0.1, 0.15) is 4.34 Å². The molecule has 0 radical (unpaired) electrons. The van der Waals surface area contributed by atoms with E-state index >= 15 is 0 Å². The predicted molar refractivity (Wildman–Crippen MR) is 52.5 cm³/mol. The normalized spacial score (nSPS) is 10.5. The first kappa shape index (κ1) is 9.55. The van der Waals surface area contributed by atoms with Crippen LogP contribution in [0, 0.1) is 11.6 Å². The number of rotatable bonds is 1. The number of hydrogen-bond acceptors (Lipinski definition) is 2. The summed E-state index contributed by atoms with van der Waals surface area (Å²) in [4.78, 5) is 0. The summed E-state index contributed by atoms with van der Waals surface area (Å²) in [6.07, 6.45) is 0. The van der Waals surface area contributed by atoms with Crippen molar-refractivity contribution < 1.29 is 8.78 Å². The van der Waals surface area contributed by atoms with Crippen LogP contribution in [0.3, 0.4) is 0 Å². The van der Waals surface area contributed by atoms with Gasteiger partial charge in [0, 0.05) is 5.56 Å². The van der Waals surface area contributed by atoms with E-state index in [1.165, 1.54) is 18.2 Å². The third-order valence-corrected chi connectivity index (χ3v) is 2.61. The summed E-state index contributed by atoms with van der Waals surface area (Å²) in [5, 5.41) is 0. The van der Waals surface area contributed by atoms with Crippen LogP contribution in [0.15, 0.2) is 24.3 Å². The van der Waals surface area contributed by atoms with Crippen LogP contribution < -0.4 is 0 Å². The lowest BCUT2D eigenvalue weighted by Gasteiger charge is -1.98. The van der Waals surface area contributed by atoms with Crippen molar-refractivity contribution in [2.24, 2.45) is 0 Å². The number of hydrogen-bond donors (Lipinski definition) is 0. The molecule has 0 aliphatic heterocycles. The highest BCUT2D eigenvalue weighted by Crippen LogP contribution is 2.27. The lowest BCUT2D eigenvalue weighted by Crippen LogP contribution is -1.88. The Morgan fingerprint density at radius 3 is 2.71 bits per heavy atom. The third kappa shape index (κ3) is 1.63. The zero-order chi connectivity index (χ0) is 10.1. The van der Waals surface area contributed by atoms with Crippen LogP contribution in [0.1, 0.15) is 0 Å². The molecule has 0 unspecified atom stereocenters. The maximum atomic E-state index is 13.2. The van der Waals surface area contributed by atoms with Gasteiger partial charge in [0.05, 0.1) is 5.69 Å². The molecule has 5 heteroatoms. The Balaban J connectivity index is 2.57. The van der Waals surface area contributed by atoms with Gasteiger partial charge in [-0.3, -0.25) is 0 Å². The maximum Gasteiger partial charge on any atom is 0.168 e. The number of nitrogens with zero attached hydrogens (tertiary/aromatic N) is 1. The van der Waals surface area contributed by atoms with Crippen LogP contribution in [0.25, 0.3) is 11.3 Å². The molecule has 0 spiro atoms. The van der Waals surface area contributed by atoms with E-state index in [1.54, 1.807) is 0 Å². The minimum absolute atomic E-state index is 0.133. The summed E-state index contributed by atoms with van der Waals surface area (Å²) < 4.78 is 30.4. The highest BCUT2D eigenvalue weighted by molar-refractivity contribution is 7.10. The smallest absolute Gasteiger partial charge is 0.168 e. The fraction of sp³-hybridized carbons (Fsp3) is 0. The van der Waals surface area contributed by atoms with E-state index in [0.717, 1.165) is 17.6 Å². The van der Waals surface area contributed by atoms with Crippen LogP contribution in [0.4, 0.5) is 8.78 Å². The van der Waals surface area contributed by atoms with E-state index in [4.69, 9.17) is 11.6 Å². The summed E-state index contributed by atoms with van der Waals surface area (Å²) in [7, 11) is 0. The second-order valence-corrected chi connectivity index (χ2v) is 4.05. The molecule has 1 aromatic heterocycles. The van der Waals surface area contributed by atoms with Crippen molar-refractivity contribution in [3.63, 3.8) is 0 Å². The molecule has 72 valence electrons. The molecule has 0 N–H and O–H groups in total. The van der Waals surface area contributed by atoms with Crippen molar-refractivity contribution in [3.05, 3.63) is 40.2 Å². The molecular weight excluding hydrogens is 228 g/mol. The summed E-state index contributed by atoms with van der Waals surface area (Å²) in [5.74, 6) is -1.78. The average Bonchev–Trinajstić information content (AvgIpc) is 2.57. The maximum absolute atomic E-state index is 13.2. The van der Waals surface area contributed by atoms with Gasteiger partial charge in [-0.2, -0.15) is 4.37 Å². The van der Waals surface area contributed by atoms with Gasteiger partial charge in [-0.25, -0.2) is 8.78 Å². The van der Waals surface area contributed by atoms with Crippen molar-refractivity contribution in [2.45, 2.75) is 0 Å². The van der Waals surface area contributed by atoms with E-state index in [0.29, 0.717) is 10.0 Å². The summed E-state index contributed by atoms with van der Waals surface area (Å²) >= 11 is 6.68. The Morgan fingerprint density at radius 1 is 1.29 bits per heavy atom. The molecule has 1 nitrogen and oxygen atoms in total. The molecule has 1 aromatic carbocycles. The second kappa shape index (κ2) is 3.63. The van der Waals surface area contributed by atoms with Crippen molar-refractivity contribution in [3.8, 4) is 11.3 Å². The summed E-state index contributed by atoms with van der Waals surface area (Å²) in [5.41, 5.74) is 0.491. The van der Waals surface area contributed by atoms with Crippen molar-refractivity contribution >= 4 is 23.1 Å². The topological polar surface area (TPSA) is 12.9 Å². The van der Waals surface area contributed by atoms with Gasteiger partial charge >= 0.3 is 0 Å². The van der Waals surface area contributed by atoms with E-state index in [1.807, 2.05) is 0 Å². The second-order valence-electron chi connectivity index (χ2n) is 2.62. The monoisotopic (exact) mass is 231 g/mol. The van der Waals surface area contributed by atoms with Gasteiger partial charge in [0.25, 0.3) is 0 Å². The van der Waals surface area contributed by atoms with Crippen molar-refractivity contribution in [1.82, 2.24) is 4.37 Å². The standard InChI is InChI=1S/C9H4ClF2NS/c10-8-4-7(13-14-8)5-2-1-3-6(11)9(5)12/h1-4H. The first-order valence-electron chi connectivity index (χ1n) is 3.75. The van der Waals surface area contributed by atoms with Crippen molar-refractivity contribution in [2.75, 3.05) is 0 Å². The molecule has 0 aliphatic carbocycles. The molecule has 2 aromatic rings. The number of aromatic nitrogens is 1. The van der Waals surface area contributed by atoms with E-state index in [9.17, 15) is 8.78 Å². The molecule has 0 saturated carbocycles. The largest absolute Gasteiger partial charge is 0.204 e. The van der Waals surface area contributed by atoms with Gasteiger partial charge < -0.3 is 0 Å². The van der Waals surface area contributed by atoms with Gasteiger partial charge in [-0.15, -0.1) is 0 Å². The Hall–Kier alpha value is -1.00. The SMILES string of the molecule is Fc1cccc(-c2cc(Cl)sn2)c1F. The zero-order valence-electron chi connectivity index (χ0n) is 6.80. The van der Waals surface area contributed by atoms with Crippen LogP contribution in [-0.4, -0.2) is 4.37 Å². The average molecular weight is 232 g/mol. The predicted octanol–water partition coefficient (Wildman–Crippen LogP) is 3.74. The first-order chi connectivity index (χ1) is 6.68. The van der Waals surface area contributed by atoms with E-state index in [2.05, 4.69) is 4.37 Å². The molecule has 14 heavy (non-hydrogen) atoms. The fourth-order valence-corrected chi connectivity index (χ4v) is 1.79. The molecule has 1 heterocycles. The molecule has 0 atom stereocenters. The summed E-state index contributed by atoms with van der Waals surface area (Å²) in [6, 6.07) is 5.46. The van der Waals surface area contributed by atoms with Gasteiger partial charge in [-0.05, 0) is 29.7 Å². The van der Waals surface area contributed by atoms with Gasteiger partial charge in [-0.1, -0.05) is 17.7 Å². The number of halogens is 3. The molecule has 0 amide bonds. The highest BCUT2D eigenvalue weighted by atomic mass is 35.5. The minimum Gasteiger partial charge on any atom is -0.204 e. The molecule has 2 rings (SSSR count). The highest BCUT2D eigenvalue weighted by Gasteiger charge is 2.11. The molecule has 0 fully saturated rings. The minimum atomic E-state index is -0.894. The Morgan fingerprint density at radius 2 is 2.07 bits per heavy atom. The lowest BCUT2D eigenvalue weighted by atomic mass is 10.1. The first-order valence-corrected chi connectivity index (χ1v) is 4.90. The van der Waals surface area contributed by atoms with Crippen LogP contribution in [-0.2, 0) is 0 Å². The van der Waals surface area contributed by atoms with E-state index < -0.39 is 11.6 Å². The zero-order valence-corrected chi connectivity index (χ0v) is 8.37. The molecule has 0 aliphatic rings. The fourth-order valence-electron chi connectivity index (χ4n) is 1.08. The molecular formula is C9H4ClF2NS. The Kier molecular flexibility index (Phi) is 2.48. The van der Waals surface area contributed by atoms with Crippen molar-refractivity contribution in [1.29, 1.82) is 0 Å². The van der Waals surface area contributed by atoms with Gasteiger partial charge in [0.15, 0.2) is 11.6 Å². The van der Waals surface area contributed by atoms with Crippen LogP contribution >= 0.6 is 23.1 Å².